The second-order valence-electron chi connectivity index (χ2n) is 6.16. The van der Waals surface area contributed by atoms with Crippen molar-refractivity contribution in [1.29, 1.82) is 0 Å². The van der Waals surface area contributed by atoms with Gasteiger partial charge >= 0.3 is 0 Å². The molecule has 30 heavy (non-hydrogen) atoms. The lowest BCUT2D eigenvalue weighted by Gasteiger charge is -2.13. The molecule has 0 bridgehead atoms. The molecule has 0 fully saturated rings. The number of amides is 1. The lowest BCUT2D eigenvalue weighted by molar-refractivity contribution is 0.0955. The Hall–Kier alpha value is -2.73. The van der Waals surface area contributed by atoms with Gasteiger partial charge in [-0.1, -0.05) is 46.9 Å². The molecule has 0 aliphatic heterocycles. The standard InChI is InChI=1S/C22H17Cl3N2O3/c1-29-20-11-15(12-26-27-22(28)16-4-8-18(24)9-5-16)10-19(25)21(20)30-13-14-2-6-17(23)7-3-14/h2-12H,13H2,1H3,(H,27,28)/b26-12-. The van der Waals surface area contributed by atoms with Crippen LogP contribution in [0.2, 0.25) is 15.1 Å². The van der Waals surface area contributed by atoms with Gasteiger partial charge in [-0.25, -0.2) is 5.43 Å². The molecule has 0 heterocycles. The third-order valence-corrected chi connectivity index (χ3v) is 4.82. The first-order chi connectivity index (χ1) is 14.5. The maximum absolute atomic E-state index is 12.1. The van der Waals surface area contributed by atoms with Crippen LogP contribution in [-0.4, -0.2) is 19.2 Å². The molecule has 3 aromatic carbocycles. The highest BCUT2D eigenvalue weighted by Crippen LogP contribution is 2.36. The van der Waals surface area contributed by atoms with Crippen molar-refractivity contribution in [2.45, 2.75) is 6.61 Å². The van der Waals surface area contributed by atoms with Crippen LogP contribution < -0.4 is 14.9 Å². The Morgan fingerprint density at radius 1 is 1.00 bits per heavy atom. The minimum atomic E-state index is -0.358. The molecule has 0 saturated heterocycles. The van der Waals surface area contributed by atoms with Crippen LogP contribution in [0.1, 0.15) is 21.5 Å². The summed E-state index contributed by atoms with van der Waals surface area (Å²) in [5, 5.41) is 5.52. The number of methoxy groups -OCH3 is 1. The van der Waals surface area contributed by atoms with E-state index in [1.54, 1.807) is 48.5 Å². The fourth-order valence-electron chi connectivity index (χ4n) is 2.52. The Labute approximate surface area is 189 Å². The molecule has 0 spiro atoms. The number of rotatable bonds is 7. The number of ether oxygens (including phenoxy) is 2. The van der Waals surface area contributed by atoms with Gasteiger partial charge in [-0.2, -0.15) is 5.10 Å². The first-order valence-corrected chi connectivity index (χ1v) is 9.93. The maximum atomic E-state index is 12.1. The monoisotopic (exact) mass is 462 g/mol. The third-order valence-electron chi connectivity index (χ3n) is 4.03. The number of halogens is 3. The van der Waals surface area contributed by atoms with Crippen LogP contribution in [0.3, 0.4) is 0 Å². The van der Waals surface area contributed by atoms with E-state index in [0.717, 1.165) is 5.56 Å². The van der Waals surface area contributed by atoms with Crippen molar-refractivity contribution in [1.82, 2.24) is 5.43 Å². The Kier molecular flexibility index (Phi) is 7.57. The molecule has 0 saturated carbocycles. The van der Waals surface area contributed by atoms with Crippen molar-refractivity contribution in [2.75, 3.05) is 7.11 Å². The van der Waals surface area contributed by atoms with Gasteiger partial charge in [-0.15, -0.1) is 0 Å². The molecule has 1 amide bonds. The summed E-state index contributed by atoms with van der Waals surface area (Å²) < 4.78 is 11.2. The number of hydrogen-bond donors (Lipinski definition) is 1. The molecular formula is C22H17Cl3N2O3. The molecule has 0 aliphatic carbocycles. The maximum Gasteiger partial charge on any atom is 0.271 e. The molecule has 0 aliphatic rings. The second kappa shape index (κ2) is 10.3. The number of hydrazone groups is 1. The molecule has 3 rings (SSSR count). The number of carbonyl (C=O) groups excluding carboxylic acids is 1. The number of carbonyl (C=O) groups is 1. The normalized spacial score (nSPS) is 10.8. The Morgan fingerprint density at radius 2 is 1.63 bits per heavy atom. The number of benzene rings is 3. The van der Waals surface area contributed by atoms with Crippen LogP contribution >= 0.6 is 34.8 Å². The van der Waals surface area contributed by atoms with Crippen molar-refractivity contribution < 1.29 is 14.3 Å². The van der Waals surface area contributed by atoms with Gasteiger partial charge in [0.2, 0.25) is 0 Å². The highest BCUT2D eigenvalue weighted by Gasteiger charge is 2.12. The van der Waals surface area contributed by atoms with Crippen LogP contribution in [0.4, 0.5) is 0 Å². The summed E-state index contributed by atoms with van der Waals surface area (Å²) in [5.74, 6) is 0.502. The molecule has 3 aromatic rings. The third kappa shape index (κ3) is 5.89. The average Bonchev–Trinajstić information content (AvgIpc) is 2.74. The van der Waals surface area contributed by atoms with E-state index in [1.807, 2.05) is 12.1 Å². The van der Waals surface area contributed by atoms with Crippen LogP contribution in [0, 0.1) is 0 Å². The summed E-state index contributed by atoms with van der Waals surface area (Å²) in [5.41, 5.74) is 4.46. The lowest BCUT2D eigenvalue weighted by atomic mass is 10.2. The van der Waals surface area contributed by atoms with Crippen molar-refractivity contribution in [3.8, 4) is 11.5 Å². The molecular weight excluding hydrogens is 447 g/mol. The molecule has 0 radical (unpaired) electrons. The SMILES string of the molecule is COc1cc(/C=N\NC(=O)c2ccc(Cl)cc2)cc(Cl)c1OCc1ccc(Cl)cc1. The zero-order chi connectivity index (χ0) is 21.5. The molecule has 1 N–H and O–H groups in total. The van der Waals surface area contributed by atoms with Crippen molar-refractivity contribution in [2.24, 2.45) is 5.10 Å². The van der Waals surface area contributed by atoms with Gasteiger partial charge in [0.25, 0.3) is 5.91 Å². The summed E-state index contributed by atoms with van der Waals surface area (Å²) >= 11 is 18.1. The first kappa shape index (κ1) is 22.0. The van der Waals surface area contributed by atoms with Crippen LogP contribution in [0.5, 0.6) is 11.5 Å². The number of hydrogen-bond acceptors (Lipinski definition) is 4. The summed E-state index contributed by atoms with van der Waals surface area (Å²) in [6, 6.07) is 17.2. The Balaban J connectivity index is 1.68. The van der Waals surface area contributed by atoms with Crippen LogP contribution in [-0.2, 0) is 6.61 Å². The summed E-state index contributed by atoms with van der Waals surface area (Å²) in [7, 11) is 1.52. The molecule has 0 aromatic heterocycles. The van der Waals surface area contributed by atoms with Gasteiger partial charge in [-0.05, 0) is 59.7 Å². The predicted octanol–water partition coefficient (Wildman–Crippen LogP) is 6.00. The quantitative estimate of drug-likeness (QED) is 0.345. The number of nitrogens with zero attached hydrogens (tertiary/aromatic N) is 1. The predicted molar refractivity (Wildman–Crippen MR) is 120 cm³/mol. The highest BCUT2D eigenvalue weighted by molar-refractivity contribution is 6.32. The van der Waals surface area contributed by atoms with E-state index in [2.05, 4.69) is 10.5 Å². The van der Waals surface area contributed by atoms with Gasteiger partial charge in [-0.3, -0.25) is 4.79 Å². The van der Waals surface area contributed by atoms with E-state index in [4.69, 9.17) is 44.3 Å². The summed E-state index contributed by atoms with van der Waals surface area (Å²) in [6.07, 6.45) is 1.46. The molecule has 8 heteroatoms. The summed E-state index contributed by atoms with van der Waals surface area (Å²) in [6.45, 7) is 0.303. The average molecular weight is 464 g/mol. The molecule has 0 unspecified atom stereocenters. The van der Waals surface area contributed by atoms with Crippen molar-refractivity contribution >= 4 is 46.9 Å². The van der Waals surface area contributed by atoms with Crippen LogP contribution in [0.25, 0.3) is 0 Å². The highest BCUT2D eigenvalue weighted by atomic mass is 35.5. The van der Waals surface area contributed by atoms with Crippen molar-refractivity contribution in [3.63, 3.8) is 0 Å². The van der Waals surface area contributed by atoms with Gasteiger partial charge in [0.05, 0.1) is 18.3 Å². The van der Waals surface area contributed by atoms with E-state index in [1.165, 1.54) is 13.3 Å². The van der Waals surface area contributed by atoms with Gasteiger partial charge in [0, 0.05) is 15.6 Å². The second-order valence-corrected chi connectivity index (χ2v) is 7.44. The Bertz CT molecular complexity index is 1050. The first-order valence-electron chi connectivity index (χ1n) is 8.80. The van der Waals surface area contributed by atoms with Gasteiger partial charge in [0.1, 0.15) is 6.61 Å². The van der Waals surface area contributed by atoms with Gasteiger partial charge < -0.3 is 9.47 Å². The fourth-order valence-corrected chi connectivity index (χ4v) is 3.05. The topological polar surface area (TPSA) is 59.9 Å². The van der Waals surface area contributed by atoms with E-state index in [9.17, 15) is 4.79 Å². The zero-order valence-corrected chi connectivity index (χ0v) is 18.1. The van der Waals surface area contributed by atoms with Crippen LogP contribution in [0.15, 0.2) is 65.8 Å². The van der Waals surface area contributed by atoms with E-state index in [-0.39, 0.29) is 5.91 Å². The van der Waals surface area contributed by atoms with E-state index >= 15 is 0 Å². The van der Waals surface area contributed by atoms with Crippen molar-refractivity contribution in [3.05, 3.63) is 92.4 Å². The zero-order valence-electron chi connectivity index (χ0n) is 15.9. The minimum absolute atomic E-state index is 0.303. The fraction of sp³-hybridized carbons (Fsp3) is 0.0909. The summed E-state index contributed by atoms with van der Waals surface area (Å²) in [4.78, 5) is 12.1. The smallest absolute Gasteiger partial charge is 0.271 e. The lowest BCUT2D eigenvalue weighted by Crippen LogP contribution is -2.17. The Morgan fingerprint density at radius 3 is 2.27 bits per heavy atom. The van der Waals surface area contributed by atoms with E-state index < -0.39 is 0 Å². The van der Waals surface area contributed by atoms with E-state index in [0.29, 0.717) is 44.3 Å². The van der Waals surface area contributed by atoms with Gasteiger partial charge in [0.15, 0.2) is 11.5 Å². The molecule has 5 nitrogen and oxygen atoms in total. The minimum Gasteiger partial charge on any atom is -0.493 e. The molecule has 154 valence electrons. The largest absolute Gasteiger partial charge is 0.493 e. The molecule has 0 atom stereocenters. The number of nitrogens with one attached hydrogen (secondary N) is 1.